The molecular formula is C19H21NO4. The molecule has 1 aromatic carbocycles. The van der Waals surface area contributed by atoms with Crippen LogP contribution in [-0.4, -0.2) is 17.5 Å². The van der Waals surface area contributed by atoms with Crippen LogP contribution in [0.4, 0.5) is 0 Å². The van der Waals surface area contributed by atoms with Crippen LogP contribution >= 0.6 is 0 Å². The highest BCUT2D eigenvalue weighted by molar-refractivity contribution is 6.02. The van der Waals surface area contributed by atoms with Gasteiger partial charge in [0.15, 0.2) is 0 Å². The lowest BCUT2D eigenvalue weighted by molar-refractivity contribution is -0.150. The van der Waals surface area contributed by atoms with E-state index in [4.69, 9.17) is 9.47 Å². The normalized spacial score (nSPS) is 20.0. The Morgan fingerprint density at radius 3 is 2.50 bits per heavy atom. The Bertz CT molecular complexity index is 796. The lowest BCUT2D eigenvalue weighted by Crippen LogP contribution is -2.37. The molecule has 126 valence electrons. The molecule has 1 atom stereocenters. The van der Waals surface area contributed by atoms with Gasteiger partial charge in [-0.25, -0.2) is 9.59 Å². The van der Waals surface area contributed by atoms with Crippen molar-refractivity contribution in [1.82, 2.24) is 5.32 Å². The van der Waals surface area contributed by atoms with Crippen molar-refractivity contribution in [3.8, 4) is 5.75 Å². The predicted molar refractivity (Wildman–Crippen MR) is 89.2 cm³/mol. The van der Waals surface area contributed by atoms with Gasteiger partial charge >= 0.3 is 11.9 Å². The van der Waals surface area contributed by atoms with Crippen LogP contribution in [0.1, 0.15) is 46.1 Å². The first-order valence-corrected chi connectivity index (χ1v) is 7.92. The Hall–Kier alpha value is -2.56. The molecular weight excluding hydrogens is 306 g/mol. The summed E-state index contributed by atoms with van der Waals surface area (Å²) < 4.78 is 11.0. The highest BCUT2D eigenvalue weighted by Crippen LogP contribution is 2.45. The lowest BCUT2D eigenvalue weighted by atomic mass is 9.78. The molecule has 1 N–H and O–H groups in total. The molecule has 24 heavy (non-hydrogen) atoms. The van der Waals surface area contributed by atoms with Gasteiger partial charge in [0.05, 0.1) is 17.1 Å². The van der Waals surface area contributed by atoms with E-state index in [9.17, 15) is 9.59 Å². The third-order valence-electron chi connectivity index (χ3n) is 4.03. The summed E-state index contributed by atoms with van der Waals surface area (Å²) in [6, 6.07) is 7.29. The zero-order valence-electron chi connectivity index (χ0n) is 14.5. The quantitative estimate of drug-likeness (QED) is 0.634. The Kier molecular flexibility index (Phi) is 3.74. The molecule has 0 radical (unpaired) electrons. The fraction of sp³-hybridized carbons (Fsp3) is 0.368. The summed E-state index contributed by atoms with van der Waals surface area (Å²) in [5.41, 5.74) is 2.49. The minimum atomic E-state index is -0.616. The van der Waals surface area contributed by atoms with Crippen molar-refractivity contribution in [1.29, 1.82) is 0 Å². The molecule has 2 heterocycles. The second kappa shape index (κ2) is 5.51. The summed E-state index contributed by atoms with van der Waals surface area (Å²) in [5.74, 6) is -0.845. The molecule has 5 nitrogen and oxygen atoms in total. The number of hydrogen-bond acceptors (Lipinski definition) is 5. The fourth-order valence-electron chi connectivity index (χ4n) is 3.15. The smallest absolute Gasteiger partial charge is 0.342 e. The summed E-state index contributed by atoms with van der Waals surface area (Å²) in [6.07, 6.45) is 0. The summed E-state index contributed by atoms with van der Waals surface area (Å²) in [7, 11) is 0. The minimum absolute atomic E-state index is 0.424. The number of para-hydroxylation sites is 1. The SMILES string of the molecule is CC1=C2C(=O)Oc3ccccc3C2C(C(=O)OC(C)(C)C)=C(C)N1. The summed E-state index contributed by atoms with van der Waals surface area (Å²) in [4.78, 5) is 25.3. The monoisotopic (exact) mass is 327 g/mol. The summed E-state index contributed by atoms with van der Waals surface area (Å²) >= 11 is 0. The van der Waals surface area contributed by atoms with Gasteiger partial charge in [-0.15, -0.1) is 0 Å². The molecule has 0 amide bonds. The second-order valence-electron chi connectivity index (χ2n) is 7.06. The number of hydrogen-bond donors (Lipinski definition) is 1. The molecule has 0 saturated carbocycles. The number of nitrogens with one attached hydrogen (secondary N) is 1. The van der Waals surface area contributed by atoms with Gasteiger partial charge in [-0.3, -0.25) is 0 Å². The largest absolute Gasteiger partial charge is 0.457 e. The van der Waals surface area contributed by atoms with Gasteiger partial charge in [0.2, 0.25) is 0 Å². The van der Waals surface area contributed by atoms with E-state index in [0.717, 1.165) is 5.56 Å². The fourth-order valence-corrected chi connectivity index (χ4v) is 3.15. The van der Waals surface area contributed by atoms with Gasteiger partial charge < -0.3 is 14.8 Å². The maximum atomic E-state index is 12.8. The molecule has 0 aromatic heterocycles. The van der Waals surface area contributed by atoms with Gasteiger partial charge in [0, 0.05) is 17.0 Å². The van der Waals surface area contributed by atoms with Crippen LogP contribution in [0.25, 0.3) is 0 Å². The first-order valence-electron chi connectivity index (χ1n) is 7.92. The van der Waals surface area contributed by atoms with Crippen molar-refractivity contribution < 1.29 is 19.1 Å². The van der Waals surface area contributed by atoms with Crippen LogP contribution in [0.15, 0.2) is 46.8 Å². The van der Waals surface area contributed by atoms with E-state index in [1.54, 1.807) is 12.1 Å². The van der Waals surface area contributed by atoms with Crippen molar-refractivity contribution in [3.05, 3.63) is 52.4 Å². The van der Waals surface area contributed by atoms with Crippen molar-refractivity contribution in [2.45, 2.75) is 46.1 Å². The molecule has 0 saturated heterocycles. The number of allylic oxidation sites excluding steroid dienone is 2. The first-order chi connectivity index (χ1) is 11.2. The number of carbonyl (C=O) groups is 2. The van der Waals surface area contributed by atoms with E-state index in [-0.39, 0.29) is 0 Å². The number of rotatable bonds is 1. The van der Waals surface area contributed by atoms with Gasteiger partial charge in [-0.2, -0.15) is 0 Å². The van der Waals surface area contributed by atoms with Crippen LogP contribution in [0.5, 0.6) is 5.75 Å². The number of ether oxygens (including phenoxy) is 2. The molecule has 2 aliphatic rings. The molecule has 5 heteroatoms. The maximum Gasteiger partial charge on any atom is 0.342 e. The first kappa shape index (κ1) is 16.3. The van der Waals surface area contributed by atoms with Gasteiger partial charge in [0.25, 0.3) is 0 Å². The van der Waals surface area contributed by atoms with Gasteiger partial charge in [0.1, 0.15) is 11.4 Å². The highest BCUT2D eigenvalue weighted by atomic mass is 16.6. The number of fused-ring (bicyclic) bond motifs is 3. The average molecular weight is 327 g/mol. The van der Waals surface area contributed by atoms with E-state index >= 15 is 0 Å². The molecule has 2 aliphatic heterocycles. The topological polar surface area (TPSA) is 64.6 Å². The van der Waals surface area contributed by atoms with E-state index in [1.165, 1.54) is 0 Å². The van der Waals surface area contributed by atoms with Crippen LogP contribution in [0, 0.1) is 0 Å². The molecule has 0 spiro atoms. The van der Waals surface area contributed by atoms with Gasteiger partial charge in [-0.05, 0) is 40.7 Å². The Balaban J connectivity index is 2.16. The van der Waals surface area contributed by atoms with E-state index in [2.05, 4.69) is 5.32 Å². The average Bonchev–Trinajstić information content (AvgIpc) is 2.44. The molecule has 1 unspecified atom stereocenters. The summed E-state index contributed by atoms with van der Waals surface area (Å²) in [6.45, 7) is 9.10. The number of carbonyl (C=O) groups excluding carboxylic acids is 2. The van der Waals surface area contributed by atoms with Crippen molar-refractivity contribution in [2.24, 2.45) is 0 Å². The standard InChI is InChI=1S/C19H21NO4/c1-10-14-16(12-8-6-7-9-13(12)23-17(14)21)15(11(2)20-10)18(22)24-19(3,4)5/h6-9,16,20H,1-5H3. The molecule has 1 aromatic rings. The third kappa shape index (κ3) is 2.70. The summed E-state index contributed by atoms with van der Waals surface area (Å²) in [5, 5.41) is 3.11. The minimum Gasteiger partial charge on any atom is -0.457 e. The van der Waals surface area contributed by atoms with Crippen LogP contribution in [-0.2, 0) is 14.3 Å². The maximum absolute atomic E-state index is 12.8. The Morgan fingerprint density at radius 1 is 1.17 bits per heavy atom. The zero-order chi connectivity index (χ0) is 17.6. The Labute approximate surface area is 141 Å². The van der Waals surface area contributed by atoms with E-state index < -0.39 is 23.5 Å². The van der Waals surface area contributed by atoms with Crippen molar-refractivity contribution in [2.75, 3.05) is 0 Å². The van der Waals surface area contributed by atoms with Crippen LogP contribution < -0.4 is 10.1 Å². The molecule has 0 aliphatic carbocycles. The van der Waals surface area contributed by atoms with E-state index in [0.29, 0.717) is 28.3 Å². The Morgan fingerprint density at radius 2 is 1.83 bits per heavy atom. The number of benzene rings is 1. The third-order valence-corrected chi connectivity index (χ3v) is 4.03. The zero-order valence-corrected chi connectivity index (χ0v) is 14.5. The van der Waals surface area contributed by atoms with Gasteiger partial charge in [-0.1, -0.05) is 18.2 Å². The number of esters is 2. The lowest BCUT2D eigenvalue weighted by Gasteiger charge is -2.35. The van der Waals surface area contributed by atoms with Crippen LogP contribution in [0.3, 0.4) is 0 Å². The van der Waals surface area contributed by atoms with Crippen molar-refractivity contribution in [3.63, 3.8) is 0 Å². The highest BCUT2D eigenvalue weighted by Gasteiger charge is 2.43. The van der Waals surface area contributed by atoms with Crippen LogP contribution in [0.2, 0.25) is 0 Å². The van der Waals surface area contributed by atoms with Crippen molar-refractivity contribution >= 4 is 11.9 Å². The number of dihydropyridines is 1. The molecule has 3 rings (SSSR count). The molecule has 0 fully saturated rings. The second-order valence-corrected chi connectivity index (χ2v) is 7.06. The predicted octanol–water partition coefficient (Wildman–Crippen LogP) is 3.18. The van der Waals surface area contributed by atoms with E-state index in [1.807, 2.05) is 46.8 Å². The molecule has 0 bridgehead atoms.